The molecule has 0 radical (unpaired) electrons. The summed E-state index contributed by atoms with van der Waals surface area (Å²) in [5.74, 6) is 0.604. The molecule has 0 aromatic carbocycles. The molecule has 0 amide bonds. The molecular formula is C21H40N2O. The lowest BCUT2D eigenvalue weighted by molar-refractivity contribution is -0.137. The Kier molecular flexibility index (Phi) is 7.30. The van der Waals surface area contributed by atoms with Gasteiger partial charge in [-0.2, -0.15) is 0 Å². The Morgan fingerprint density at radius 3 is 2.33 bits per heavy atom. The van der Waals surface area contributed by atoms with Crippen LogP contribution in [0.1, 0.15) is 78.1 Å². The van der Waals surface area contributed by atoms with Crippen molar-refractivity contribution in [2.75, 3.05) is 40.3 Å². The molecule has 0 bridgehead atoms. The molecule has 1 saturated carbocycles. The van der Waals surface area contributed by atoms with Crippen molar-refractivity contribution >= 4 is 5.78 Å². The third-order valence-electron chi connectivity index (χ3n) is 6.57. The van der Waals surface area contributed by atoms with Crippen LogP contribution in [0.25, 0.3) is 0 Å². The van der Waals surface area contributed by atoms with Gasteiger partial charge in [-0.3, -0.25) is 4.79 Å². The second-order valence-electron chi connectivity index (χ2n) is 8.92. The van der Waals surface area contributed by atoms with Crippen molar-refractivity contribution in [3.8, 4) is 0 Å². The van der Waals surface area contributed by atoms with Crippen molar-refractivity contribution < 1.29 is 4.79 Å². The smallest absolute Gasteiger partial charge is 0.139 e. The van der Waals surface area contributed by atoms with Crippen molar-refractivity contribution in [2.45, 2.75) is 78.1 Å². The van der Waals surface area contributed by atoms with Crippen LogP contribution in [-0.2, 0) is 4.79 Å². The van der Waals surface area contributed by atoms with E-state index >= 15 is 0 Å². The minimum absolute atomic E-state index is 0.0356. The maximum Gasteiger partial charge on any atom is 0.139 e. The quantitative estimate of drug-likeness (QED) is 0.585. The van der Waals surface area contributed by atoms with E-state index in [1.165, 1.54) is 51.9 Å². The first-order chi connectivity index (χ1) is 11.5. The maximum atomic E-state index is 13.1. The molecule has 140 valence electrons. The molecule has 1 heterocycles. The van der Waals surface area contributed by atoms with Gasteiger partial charge in [0, 0.05) is 18.4 Å². The molecule has 1 saturated heterocycles. The Hall–Kier alpha value is -0.410. The third kappa shape index (κ3) is 4.82. The van der Waals surface area contributed by atoms with Crippen LogP contribution in [0, 0.1) is 10.8 Å². The zero-order valence-corrected chi connectivity index (χ0v) is 16.7. The van der Waals surface area contributed by atoms with Crippen LogP contribution in [-0.4, -0.2) is 55.9 Å². The second-order valence-corrected chi connectivity index (χ2v) is 8.92. The minimum Gasteiger partial charge on any atom is -0.309 e. The predicted octanol–water partition coefficient (Wildman–Crippen LogP) is 4.36. The van der Waals surface area contributed by atoms with Crippen LogP contribution in [0.5, 0.6) is 0 Å². The van der Waals surface area contributed by atoms with Gasteiger partial charge in [-0.1, -0.05) is 26.7 Å². The van der Waals surface area contributed by atoms with Gasteiger partial charge < -0.3 is 9.80 Å². The van der Waals surface area contributed by atoms with E-state index in [1.807, 2.05) is 0 Å². The van der Waals surface area contributed by atoms with Gasteiger partial charge in [0.1, 0.15) is 5.78 Å². The molecular weight excluding hydrogens is 296 g/mol. The number of carbonyl (C=O) groups is 1. The van der Waals surface area contributed by atoms with E-state index in [0.29, 0.717) is 11.2 Å². The lowest BCUT2D eigenvalue weighted by atomic mass is 9.59. The fourth-order valence-electron chi connectivity index (χ4n) is 5.20. The van der Waals surface area contributed by atoms with Gasteiger partial charge >= 0.3 is 0 Å². The third-order valence-corrected chi connectivity index (χ3v) is 6.57. The number of nitrogens with zero attached hydrogens (tertiary/aromatic N) is 2. The van der Waals surface area contributed by atoms with E-state index in [0.717, 1.165) is 38.5 Å². The van der Waals surface area contributed by atoms with Crippen molar-refractivity contribution in [1.29, 1.82) is 0 Å². The number of likely N-dealkylation sites (tertiary alicyclic amines) is 1. The monoisotopic (exact) mass is 336 g/mol. The number of carbonyl (C=O) groups excluding carboxylic acids is 1. The van der Waals surface area contributed by atoms with Gasteiger partial charge in [-0.25, -0.2) is 0 Å². The molecule has 1 aliphatic heterocycles. The average Bonchev–Trinajstić information content (AvgIpc) is 2.91. The number of Topliss-reactive ketones (excluding diaryl/α,β-unsaturated/α-hetero) is 1. The lowest BCUT2D eigenvalue weighted by Gasteiger charge is -2.44. The summed E-state index contributed by atoms with van der Waals surface area (Å²) >= 11 is 0. The largest absolute Gasteiger partial charge is 0.309 e. The van der Waals surface area contributed by atoms with Gasteiger partial charge in [0.05, 0.1) is 0 Å². The predicted molar refractivity (Wildman–Crippen MR) is 102 cm³/mol. The van der Waals surface area contributed by atoms with Crippen molar-refractivity contribution in [2.24, 2.45) is 10.8 Å². The molecule has 24 heavy (non-hydrogen) atoms. The number of hydrogen-bond donors (Lipinski definition) is 0. The van der Waals surface area contributed by atoms with Crippen LogP contribution in [0.4, 0.5) is 0 Å². The first kappa shape index (κ1) is 19.9. The van der Waals surface area contributed by atoms with Crippen LogP contribution in [0.15, 0.2) is 0 Å². The highest BCUT2D eigenvalue weighted by molar-refractivity contribution is 5.86. The molecule has 1 unspecified atom stereocenters. The molecule has 0 aromatic rings. The van der Waals surface area contributed by atoms with Gasteiger partial charge in [0.2, 0.25) is 0 Å². The topological polar surface area (TPSA) is 23.6 Å². The molecule has 1 atom stereocenters. The Bertz CT molecular complexity index is 401. The molecule has 2 aliphatic rings. The molecule has 3 heteroatoms. The highest BCUT2D eigenvalue weighted by Crippen LogP contribution is 2.51. The maximum absolute atomic E-state index is 13.1. The Balaban J connectivity index is 1.85. The zero-order chi connectivity index (χ0) is 17.6. The van der Waals surface area contributed by atoms with E-state index in [2.05, 4.69) is 37.7 Å². The summed E-state index contributed by atoms with van der Waals surface area (Å²) in [6, 6.07) is 0. The minimum atomic E-state index is 0.0356. The fraction of sp³-hybridized carbons (Fsp3) is 0.952. The van der Waals surface area contributed by atoms with E-state index < -0.39 is 0 Å². The molecule has 2 rings (SSSR count). The summed E-state index contributed by atoms with van der Waals surface area (Å²) in [4.78, 5) is 18.0. The van der Waals surface area contributed by atoms with Gasteiger partial charge in [-0.05, 0) is 84.1 Å². The number of rotatable bonds is 9. The summed E-state index contributed by atoms with van der Waals surface area (Å²) in [7, 11) is 4.30. The highest BCUT2D eigenvalue weighted by Gasteiger charge is 2.49. The first-order valence-corrected chi connectivity index (χ1v) is 10.4. The summed E-state index contributed by atoms with van der Waals surface area (Å²) in [5.41, 5.74) is 0.359. The van der Waals surface area contributed by atoms with Gasteiger partial charge in [0.25, 0.3) is 0 Å². The Labute approximate surface area is 150 Å². The van der Waals surface area contributed by atoms with Crippen molar-refractivity contribution in [3.05, 3.63) is 0 Å². The van der Waals surface area contributed by atoms with Crippen LogP contribution >= 0.6 is 0 Å². The van der Waals surface area contributed by atoms with Crippen LogP contribution < -0.4 is 0 Å². The van der Waals surface area contributed by atoms with Crippen LogP contribution in [0.3, 0.4) is 0 Å². The van der Waals surface area contributed by atoms with Gasteiger partial charge in [-0.15, -0.1) is 0 Å². The molecule has 3 nitrogen and oxygen atoms in total. The van der Waals surface area contributed by atoms with Crippen LogP contribution in [0.2, 0.25) is 0 Å². The average molecular weight is 337 g/mol. The zero-order valence-electron chi connectivity index (χ0n) is 16.7. The van der Waals surface area contributed by atoms with E-state index in [1.54, 1.807) is 0 Å². The molecule has 1 aliphatic carbocycles. The number of unbranched alkanes of at least 4 members (excludes halogenated alkanes) is 1. The van der Waals surface area contributed by atoms with E-state index in [9.17, 15) is 4.79 Å². The first-order valence-electron chi connectivity index (χ1n) is 10.4. The highest BCUT2D eigenvalue weighted by atomic mass is 16.1. The lowest BCUT2D eigenvalue weighted by Crippen LogP contribution is -2.43. The summed E-state index contributed by atoms with van der Waals surface area (Å²) in [5, 5.41) is 0. The molecule has 0 N–H and O–H groups in total. The van der Waals surface area contributed by atoms with Crippen molar-refractivity contribution in [3.63, 3.8) is 0 Å². The molecule has 2 fully saturated rings. The fourth-order valence-corrected chi connectivity index (χ4v) is 5.20. The van der Waals surface area contributed by atoms with Crippen molar-refractivity contribution in [1.82, 2.24) is 9.80 Å². The van der Waals surface area contributed by atoms with E-state index in [4.69, 9.17) is 0 Å². The Morgan fingerprint density at radius 1 is 1.04 bits per heavy atom. The second kappa shape index (κ2) is 8.80. The summed E-state index contributed by atoms with van der Waals surface area (Å²) < 4.78 is 0. The normalized spacial score (nSPS) is 27.5. The SMILES string of the molecule is CCCC1(CCC)CCC2(CCN(CCCCN(C)C)C2)CC1=O. The molecule has 1 spiro atoms. The standard InChI is InChI=1S/C21H40N2O/c1-5-9-21(10-6-2)12-11-20(17-19(21)24)13-16-23(18-20)15-8-7-14-22(3)4/h5-18H2,1-4H3. The molecule has 0 aromatic heterocycles. The number of hydrogen-bond acceptors (Lipinski definition) is 3. The summed E-state index contributed by atoms with van der Waals surface area (Å²) in [6.07, 6.45) is 11.7. The summed E-state index contributed by atoms with van der Waals surface area (Å²) in [6.45, 7) is 9.27. The van der Waals surface area contributed by atoms with Gasteiger partial charge in [0.15, 0.2) is 0 Å². The number of ketones is 1. The van der Waals surface area contributed by atoms with E-state index in [-0.39, 0.29) is 5.41 Å². The Morgan fingerprint density at radius 2 is 1.75 bits per heavy atom.